The van der Waals surface area contributed by atoms with Crippen molar-refractivity contribution in [2.24, 2.45) is 0 Å². The first-order valence-electron chi connectivity index (χ1n) is 8.87. The molecular formula is C22H19N3O3. The molecule has 0 radical (unpaired) electrons. The Balaban J connectivity index is 1.70. The van der Waals surface area contributed by atoms with E-state index in [1.807, 2.05) is 42.5 Å². The number of nitrogens with one attached hydrogen (secondary N) is 2. The van der Waals surface area contributed by atoms with Crippen molar-refractivity contribution in [2.45, 2.75) is 6.54 Å². The van der Waals surface area contributed by atoms with E-state index in [-0.39, 0.29) is 11.8 Å². The molecule has 0 bridgehead atoms. The van der Waals surface area contributed by atoms with Crippen LogP contribution in [0.1, 0.15) is 26.3 Å². The van der Waals surface area contributed by atoms with E-state index in [1.165, 1.54) is 12.2 Å². The fraction of sp³-hybridized carbons (Fsp3) is 0.0909. The highest BCUT2D eigenvalue weighted by atomic mass is 16.7. The molecule has 0 unspecified atom stereocenters. The maximum Gasteiger partial charge on any atom is 0.280 e. The van der Waals surface area contributed by atoms with Gasteiger partial charge in [-0.2, -0.15) is 0 Å². The second-order valence-electron chi connectivity index (χ2n) is 6.35. The molecule has 140 valence electrons. The van der Waals surface area contributed by atoms with Crippen LogP contribution in [0.5, 0.6) is 0 Å². The molecule has 3 aromatic rings. The minimum absolute atomic E-state index is 0.268. The van der Waals surface area contributed by atoms with Crippen LogP contribution in [0.3, 0.4) is 0 Å². The fourth-order valence-corrected chi connectivity index (χ4v) is 3.23. The van der Waals surface area contributed by atoms with Crippen molar-refractivity contribution in [1.29, 1.82) is 0 Å². The highest BCUT2D eigenvalue weighted by Gasteiger charge is 2.33. The van der Waals surface area contributed by atoms with Crippen LogP contribution in [0.25, 0.3) is 0 Å². The normalized spacial score (nSPS) is 12.6. The minimum atomic E-state index is -0.280. The number of hydroxylamine groups is 2. The van der Waals surface area contributed by atoms with Crippen molar-refractivity contribution < 1.29 is 14.4 Å². The number of fused-ring (bicyclic) bond motifs is 1. The van der Waals surface area contributed by atoms with Crippen molar-refractivity contribution in [3.8, 4) is 0 Å². The van der Waals surface area contributed by atoms with Crippen LogP contribution in [-0.2, 0) is 11.4 Å². The number of carbonyl (C=O) groups is 2. The molecule has 4 rings (SSSR count). The van der Waals surface area contributed by atoms with Gasteiger partial charge in [0, 0.05) is 22.5 Å². The molecule has 3 aromatic carbocycles. The molecule has 0 saturated heterocycles. The van der Waals surface area contributed by atoms with E-state index in [2.05, 4.69) is 10.6 Å². The highest BCUT2D eigenvalue weighted by molar-refractivity contribution is 6.11. The van der Waals surface area contributed by atoms with Gasteiger partial charge in [-0.05, 0) is 36.4 Å². The molecule has 0 aromatic heterocycles. The predicted molar refractivity (Wildman–Crippen MR) is 107 cm³/mol. The highest BCUT2D eigenvalue weighted by Crippen LogP contribution is 2.36. The second-order valence-corrected chi connectivity index (χ2v) is 6.35. The number of nitrogens with zero attached hydrogens (tertiary/aromatic N) is 1. The lowest BCUT2D eigenvalue weighted by molar-refractivity contribution is -0.0955. The molecule has 1 aliphatic rings. The Kier molecular flexibility index (Phi) is 4.78. The van der Waals surface area contributed by atoms with Crippen molar-refractivity contribution in [1.82, 2.24) is 5.06 Å². The monoisotopic (exact) mass is 373 g/mol. The van der Waals surface area contributed by atoms with Crippen LogP contribution >= 0.6 is 0 Å². The molecule has 0 aliphatic carbocycles. The number of hydrogen-bond acceptors (Lipinski definition) is 4. The zero-order valence-electron chi connectivity index (χ0n) is 15.3. The maximum atomic E-state index is 12.8. The van der Waals surface area contributed by atoms with Crippen molar-refractivity contribution in [3.05, 3.63) is 89.5 Å². The molecule has 0 atom stereocenters. The number of carbonyl (C=O) groups excluding carboxylic acids is 2. The summed E-state index contributed by atoms with van der Waals surface area (Å²) in [5.74, 6) is -0.548. The quantitative estimate of drug-likeness (QED) is 0.703. The summed E-state index contributed by atoms with van der Waals surface area (Å²) in [6.07, 6.45) is 0. The first kappa shape index (κ1) is 17.8. The molecule has 2 amide bonds. The van der Waals surface area contributed by atoms with Gasteiger partial charge in [-0.15, -0.1) is 0 Å². The van der Waals surface area contributed by atoms with Gasteiger partial charge in [0.1, 0.15) is 0 Å². The van der Waals surface area contributed by atoms with E-state index in [9.17, 15) is 9.59 Å². The lowest BCUT2D eigenvalue weighted by atomic mass is 10.0. The minimum Gasteiger partial charge on any atom is -0.355 e. The van der Waals surface area contributed by atoms with Crippen LogP contribution in [0.2, 0.25) is 0 Å². The molecule has 1 heterocycles. The van der Waals surface area contributed by atoms with Gasteiger partial charge in [-0.3, -0.25) is 14.4 Å². The number of anilines is 3. The van der Waals surface area contributed by atoms with Gasteiger partial charge in [-0.25, -0.2) is 5.06 Å². The number of rotatable bonds is 5. The number of hydrogen-bond donors (Lipinski definition) is 2. The average molecular weight is 373 g/mol. The Morgan fingerprint density at radius 1 is 0.929 bits per heavy atom. The third kappa shape index (κ3) is 3.33. The molecule has 6 heteroatoms. The van der Waals surface area contributed by atoms with E-state index < -0.39 is 0 Å². The van der Waals surface area contributed by atoms with Crippen LogP contribution in [0.15, 0.2) is 72.8 Å². The third-order valence-corrected chi connectivity index (χ3v) is 4.61. The van der Waals surface area contributed by atoms with Crippen molar-refractivity contribution in [2.75, 3.05) is 17.7 Å². The largest absolute Gasteiger partial charge is 0.355 e. The summed E-state index contributed by atoms with van der Waals surface area (Å²) in [6.45, 7) is 0.300. The summed E-state index contributed by atoms with van der Waals surface area (Å²) in [6, 6.07) is 22.2. The Hall–Kier alpha value is -3.64. The third-order valence-electron chi connectivity index (χ3n) is 4.61. The summed E-state index contributed by atoms with van der Waals surface area (Å²) >= 11 is 0. The Bertz CT molecular complexity index is 1020. The zero-order valence-corrected chi connectivity index (χ0v) is 15.3. The fourth-order valence-electron chi connectivity index (χ4n) is 3.23. The van der Waals surface area contributed by atoms with E-state index in [4.69, 9.17) is 4.84 Å². The molecule has 0 saturated carbocycles. The number of benzene rings is 3. The van der Waals surface area contributed by atoms with Gasteiger partial charge in [0.2, 0.25) is 0 Å². The molecule has 28 heavy (non-hydrogen) atoms. The smallest absolute Gasteiger partial charge is 0.280 e. The first-order chi connectivity index (χ1) is 13.7. The Labute approximate surface area is 162 Å². The average Bonchev–Trinajstić information content (AvgIpc) is 3.08. The molecule has 1 aliphatic heterocycles. The Morgan fingerprint density at radius 3 is 2.25 bits per heavy atom. The molecule has 2 N–H and O–H groups in total. The zero-order chi connectivity index (χ0) is 19.5. The van der Waals surface area contributed by atoms with E-state index in [1.54, 1.807) is 30.3 Å². The SMILES string of the molecule is CON1Cc2c(Nc3ccccc3)ccc(NC(=O)c3ccccc3)c2C1=O. The van der Waals surface area contributed by atoms with Gasteiger partial charge < -0.3 is 10.6 Å². The predicted octanol–water partition coefficient (Wildman–Crippen LogP) is 4.20. The van der Waals surface area contributed by atoms with Crippen molar-refractivity contribution in [3.63, 3.8) is 0 Å². The lowest BCUT2D eigenvalue weighted by Crippen LogP contribution is -2.23. The van der Waals surface area contributed by atoms with Crippen LogP contribution < -0.4 is 10.6 Å². The van der Waals surface area contributed by atoms with Gasteiger partial charge >= 0.3 is 0 Å². The van der Waals surface area contributed by atoms with Gasteiger partial charge in [0.25, 0.3) is 11.8 Å². The van der Waals surface area contributed by atoms with Gasteiger partial charge in [0.05, 0.1) is 24.9 Å². The second kappa shape index (κ2) is 7.54. The number of amides is 2. The number of para-hydroxylation sites is 1. The molecule has 0 fully saturated rings. The summed E-state index contributed by atoms with van der Waals surface area (Å²) in [4.78, 5) is 30.6. The van der Waals surface area contributed by atoms with Gasteiger partial charge in [-0.1, -0.05) is 36.4 Å². The van der Waals surface area contributed by atoms with Gasteiger partial charge in [0.15, 0.2) is 0 Å². The Morgan fingerprint density at radius 2 is 1.57 bits per heavy atom. The summed E-state index contributed by atoms with van der Waals surface area (Å²) in [5.41, 5.74) is 3.92. The molecular weight excluding hydrogens is 354 g/mol. The standard InChI is InChI=1S/C22H19N3O3/c1-28-25-14-17-18(23-16-10-6-3-7-11-16)12-13-19(20(17)22(25)27)24-21(26)15-8-4-2-5-9-15/h2-13,23H,14H2,1H3,(H,24,26). The maximum absolute atomic E-state index is 12.8. The topological polar surface area (TPSA) is 70.7 Å². The summed E-state index contributed by atoms with van der Waals surface area (Å²) in [7, 11) is 1.45. The molecule has 6 nitrogen and oxygen atoms in total. The first-order valence-corrected chi connectivity index (χ1v) is 8.87. The molecule has 0 spiro atoms. The summed E-state index contributed by atoms with van der Waals surface area (Å²) < 4.78 is 0. The summed E-state index contributed by atoms with van der Waals surface area (Å²) in [5, 5.41) is 7.47. The van der Waals surface area contributed by atoms with Crippen LogP contribution in [0, 0.1) is 0 Å². The van der Waals surface area contributed by atoms with Crippen molar-refractivity contribution >= 4 is 28.9 Å². The van der Waals surface area contributed by atoms with E-state index >= 15 is 0 Å². The van der Waals surface area contributed by atoms with E-state index in [0.717, 1.165) is 16.9 Å². The van der Waals surface area contributed by atoms with Crippen LogP contribution in [0.4, 0.5) is 17.1 Å². The van der Waals surface area contributed by atoms with E-state index in [0.29, 0.717) is 23.4 Å². The van der Waals surface area contributed by atoms with Crippen LogP contribution in [-0.4, -0.2) is 24.0 Å². The lowest BCUT2D eigenvalue weighted by Gasteiger charge is -2.14.